The third-order valence-electron chi connectivity index (χ3n) is 1.99. The molecule has 1 atom stereocenters. The number of ether oxygens (including phenoxy) is 1. The number of aromatic nitrogens is 2. The monoisotopic (exact) mass is 184 g/mol. The summed E-state index contributed by atoms with van der Waals surface area (Å²) in [6, 6.07) is 0. The Morgan fingerprint density at radius 2 is 2.46 bits per heavy atom. The summed E-state index contributed by atoms with van der Waals surface area (Å²) in [7, 11) is 3.55. The SMILES string of the molecule is COCCC(O)Cc1nccn1C. The molecule has 1 aromatic heterocycles. The first-order valence-corrected chi connectivity index (χ1v) is 4.37. The summed E-state index contributed by atoms with van der Waals surface area (Å²) in [5.74, 6) is 0.906. The number of nitrogens with zero attached hydrogens (tertiary/aromatic N) is 2. The molecule has 1 heterocycles. The van der Waals surface area contributed by atoms with Crippen molar-refractivity contribution in [1.82, 2.24) is 9.55 Å². The Balaban J connectivity index is 2.36. The number of methoxy groups -OCH3 is 1. The third-order valence-corrected chi connectivity index (χ3v) is 1.99. The standard InChI is InChI=1S/C9H16N2O2/c1-11-5-4-10-9(11)7-8(12)3-6-13-2/h4-5,8,12H,3,6-7H2,1-2H3. The minimum Gasteiger partial charge on any atom is -0.393 e. The molecule has 0 radical (unpaired) electrons. The Labute approximate surface area is 78.2 Å². The highest BCUT2D eigenvalue weighted by molar-refractivity contribution is 4.92. The van der Waals surface area contributed by atoms with E-state index < -0.39 is 0 Å². The molecule has 1 rings (SSSR count). The summed E-state index contributed by atoms with van der Waals surface area (Å²) in [5, 5.41) is 9.54. The van der Waals surface area contributed by atoms with Gasteiger partial charge in [0.15, 0.2) is 0 Å². The zero-order valence-electron chi connectivity index (χ0n) is 8.10. The number of imidazole rings is 1. The summed E-state index contributed by atoms with van der Waals surface area (Å²) >= 11 is 0. The van der Waals surface area contributed by atoms with Gasteiger partial charge in [0.1, 0.15) is 5.82 Å². The van der Waals surface area contributed by atoms with Crippen LogP contribution < -0.4 is 0 Å². The minimum absolute atomic E-state index is 0.360. The van der Waals surface area contributed by atoms with Gasteiger partial charge in [-0.3, -0.25) is 0 Å². The second-order valence-electron chi connectivity index (χ2n) is 3.09. The van der Waals surface area contributed by atoms with Crippen molar-refractivity contribution in [3.05, 3.63) is 18.2 Å². The average Bonchev–Trinajstić information content (AvgIpc) is 2.48. The van der Waals surface area contributed by atoms with E-state index >= 15 is 0 Å². The fourth-order valence-corrected chi connectivity index (χ4v) is 1.16. The highest BCUT2D eigenvalue weighted by Gasteiger charge is 2.08. The maximum atomic E-state index is 9.54. The van der Waals surface area contributed by atoms with Gasteiger partial charge in [-0.25, -0.2) is 4.98 Å². The Morgan fingerprint density at radius 1 is 1.69 bits per heavy atom. The molecule has 0 amide bonds. The van der Waals surface area contributed by atoms with E-state index in [0.29, 0.717) is 19.4 Å². The van der Waals surface area contributed by atoms with Gasteiger partial charge < -0.3 is 14.4 Å². The summed E-state index contributed by atoms with van der Waals surface area (Å²) in [4.78, 5) is 4.13. The normalized spacial score (nSPS) is 13.2. The van der Waals surface area contributed by atoms with Crippen LogP contribution in [0.5, 0.6) is 0 Å². The minimum atomic E-state index is -0.360. The molecule has 4 heteroatoms. The van der Waals surface area contributed by atoms with Crippen molar-refractivity contribution in [2.24, 2.45) is 7.05 Å². The highest BCUT2D eigenvalue weighted by atomic mass is 16.5. The van der Waals surface area contributed by atoms with Gasteiger partial charge in [-0.15, -0.1) is 0 Å². The van der Waals surface area contributed by atoms with Crippen molar-refractivity contribution < 1.29 is 9.84 Å². The maximum Gasteiger partial charge on any atom is 0.110 e. The number of aryl methyl sites for hydroxylation is 1. The summed E-state index contributed by atoms with van der Waals surface area (Å²) < 4.78 is 6.79. The fourth-order valence-electron chi connectivity index (χ4n) is 1.16. The summed E-state index contributed by atoms with van der Waals surface area (Å²) in [6.07, 6.45) is 4.49. The van der Waals surface area contributed by atoms with E-state index in [1.54, 1.807) is 13.3 Å². The lowest BCUT2D eigenvalue weighted by atomic mass is 10.2. The lowest BCUT2D eigenvalue weighted by Crippen LogP contribution is -2.15. The zero-order chi connectivity index (χ0) is 9.68. The molecular weight excluding hydrogens is 168 g/mol. The second-order valence-corrected chi connectivity index (χ2v) is 3.09. The van der Waals surface area contributed by atoms with Crippen LogP contribution in [0.25, 0.3) is 0 Å². The Hall–Kier alpha value is -0.870. The van der Waals surface area contributed by atoms with Crippen LogP contribution in [0.3, 0.4) is 0 Å². The van der Waals surface area contributed by atoms with E-state index in [9.17, 15) is 5.11 Å². The van der Waals surface area contributed by atoms with E-state index in [4.69, 9.17) is 4.74 Å². The number of hydrogen-bond acceptors (Lipinski definition) is 3. The number of aliphatic hydroxyl groups is 1. The van der Waals surface area contributed by atoms with Crippen LogP contribution in [0.1, 0.15) is 12.2 Å². The zero-order valence-corrected chi connectivity index (χ0v) is 8.10. The van der Waals surface area contributed by atoms with Crippen LogP contribution in [0, 0.1) is 0 Å². The maximum absolute atomic E-state index is 9.54. The molecule has 0 saturated heterocycles. The molecule has 74 valence electrons. The van der Waals surface area contributed by atoms with Gasteiger partial charge >= 0.3 is 0 Å². The van der Waals surface area contributed by atoms with E-state index in [0.717, 1.165) is 5.82 Å². The van der Waals surface area contributed by atoms with Crippen LogP contribution in [0.2, 0.25) is 0 Å². The molecule has 1 unspecified atom stereocenters. The molecule has 0 spiro atoms. The van der Waals surface area contributed by atoms with E-state index in [1.165, 1.54) is 0 Å². The molecule has 0 aromatic carbocycles. The number of hydrogen-bond donors (Lipinski definition) is 1. The molecule has 0 aliphatic heterocycles. The quantitative estimate of drug-likeness (QED) is 0.718. The molecular formula is C9H16N2O2. The van der Waals surface area contributed by atoms with Gasteiger partial charge in [0, 0.05) is 39.6 Å². The second kappa shape index (κ2) is 4.99. The summed E-state index contributed by atoms with van der Waals surface area (Å²) in [6.45, 7) is 0.589. The molecule has 0 aliphatic rings. The third kappa shape index (κ3) is 3.16. The van der Waals surface area contributed by atoms with Gasteiger partial charge in [0.2, 0.25) is 0 Å². The Morgan fingerprint density at radius 3 is 3.00 bits per heavy atom. The molecule has 0 saturated carbocycles. The molecule has 0 fully saturated rings. The van der Waals surface area contributed by atoms with Gasteiger partial charge in [-0.1, -0.05) is 0 Å². The van der Waals surface area contributed by atoms with Crippen LogP contribution in [-0.4, -0.2) is 34.5 Å². The molecule has 0 aliphatic carbocycles. The van der Waals surface area contributed by atoms with Crippen molar-refractivity contribution in [2.75, 3.05) is 13.7 Å². The fraction of sp³-hybridized carbons (Fsp3) is 0.667. The van der Waals surface area contributed by atoms with Crippen LogP contribution in [0.15, 0.2) is 12.4 Å². The number of aliphatic hydroxyl groups excluding tert-OH is 1. The van der Waals surface area contributed by atoms with Crippen molar-refractivity contribution in [2.45, 2.75) is 18.9 Å². The van der Waals surface area contributed by atoms with Gasteiger partial charge in [0.05, 0.1) is 6.10 Å². The molecule has 4 nitrogen and oxygen atoms in total. The van der Waals surface area contributed by atoms with Crippen LogP contribution in [0.4, 0.5) is 0 Å². The van der Waals surface area contributed by atoms with Crippen molar-refractivity contribution in [3.63, 3.8) is 0 Å². The first-order valence-electron chi connectivity index (χ1n) is 4.37. The highest BCUT2D eigenvalue weighted by Crippen LogP contribution is 2.02. The molecule has 1 aromatic rings. The first-order chi connectivity index (χ1) is 6.24. The largest absolute Gasteiger partial charge is 0.393 e. The van der Waals surface area contributed by atoms with Crippen molar-refractivity contribution in [3.8, 4) is 0 Å². The topological polar surface area (TPSA) is 47.3 Å². The molecule has 0 bridgehead atoms. The van der Waals surface area contributed by atoms with E-state index in [-0.39, 0.29) is 6.10 Å². The predicted octanol–water partition coefficient (Wildman–Crippen LogP) is 0.360. The van der Waals surface area contributed by atoms with Gasteiger partial charge in [-0.2, -0.15) is 0 Å². The smallest absolute Gasteiger partial charge is 0.110 e. The average molecular weight is 184 g/mol. The van der Waals surface area contributed by atoms with Crippen molar-refractivity contribution >= 4 is 0 Å². The van der Waals surface area contributed by atoms with E-state index in [2.05, 4.69) is 4.98 Å². The first kappa shape index (κ1) is 10.2. The van der Waals surface area contributed by atoms with Gasteiger partial charge in [-0.05, 0) is 6.42 Å². The van der Waals surface area contributed by atoms with Crippen LogP contribution >= 0.6 is 0 Å². The Bertz CT molecular complexity index is 248. The Kier molecular flexibility index (Phi) is 3.92. The van der Waals surface area contributed by atoms with Crippen molar-refractivity contribution in [1.29, 1.82) is 0 Å². The predicted molar refractivity (Wildman–Crippen MR) is 49.4 cm³/mol. The molecule has 1 N–H and O–H groups in total. The van der Waals surface area contributed by atoms with Gasteiger partial charge in [0.25, 0.3) is 0 Å². The van der Waals surface area contributed by atoms with Crippen LogP contribution in [-0.2, 0) is 18.2 Å². The lowest BCUT2D eigenvalue weighted by Gasteiger charge is -2.09. The lowest BCUT2D eigenvalue weighted by molar-refractivity contribution is 0.108. The van der Waals surface area contributed by atoms with E-state index in [1.807, 2.05) is 17.8 Å². The number of rotatable bonds is 5. The summed E-state index contributed by atoms with van der Waals surface area (Å²) in [5.41, 5.74) is 0. The molecule has 13 heavy (non-hydrogen) atoms.